The second kappa shape index (κ2) is 8.43. The van der Waals surface area contributed by atoms with Crippen molar-refractivity contribution in [3.05, 3.63) is 65.5 Å². The van der Waals surface area contributed by atoms with Gasteiger partial charge in [0.1, 0.15) is 0 Å². The molecule has 5 heteroatoms. The maximum absolute atomic E-state index is 10.7. The summed E-state index contributed by atoms with van der Waals surface area (Å²) < 4.78 is 2.08. The number of benzene rings is 2. The zero-order chi connectivity index (χ0) is 19.5. The highest BCUT2D eigenvalue weighted by molar-refractivity contribution is 5.77. The van der Waals surface area contributed by atoms with Crippen LogP contribution < -0.4 is 0 Å². The van der Waals surface area contributed by atoms with Gasteiger partial charge in [0.25, 0.3) is 0 Å². The van der Waals surface area contributed by atoms with E-state index in [4.69, 9.17) is 0 Å². The molecule has 1 aromatic heterocycles. The molecular weight excluding hydrogens is 348 g/mol. The quantitative estimate of drug-likeness (QED) is 0.716. The van der Waals surface area contributed by atoms with Crippen LogP contribution in [0.2, 0.25) is 0 Å². The first-order valence-corrected chi connectivity index (χ1v) is 10.2. The van der Waals surface area contributed by atoms with Gasteiger partial charge in [-0.2, -0.15) is 0 Å². The van der Waals surface area contributed by atoms with Crippen molar-refractivity contribution < 1.29 is 5.11 Å². The lowest BCUT2D eigenvalue weighted by atomic mass is 10.1. The smallest absolute Gasteiger partial charge is 0.0959 e. The van der Waals surface area contributed by atoms with Crippen LogP contribution in [-0.2, 0) is 13.1 Å². The van der Waals surface area contributed by atoms with Crippen LogP contribution in [0.5, 0.6) is 0 Å². The molecule has 1 aliphatic heterocycles. The minimum Gasteiger partial charge on any atom is -0.390 e. The molecule has 1 N–H and O–H groups in total. The molecule has 0 radical (unpaired) electrons. The number of aryl methyl sites for hydroxylation is 2. The predicted octanol–water partition coefficient (Wildman–Crippen LogP) is 2.83. The van der Waals surface area contributed by atoms with Crippen molar-refractivity contribution in [2.24, 2.45) is 0 Å². The summed E-state index contributed by atoms with van der Waals surface area (Å²) in [5.41, 5.74) is 6.00. The van der Waals surface area contributed by atoms with Crippen molar-refractivity contribution in [1.29, 1.82) is 0 Å². The number of aromatic nitrogens is 2. The molecule has 4 rings (SSSR count). The monoisotopic (exact) mass is 378 g/mol. The fourth-order valence-electron chi connectivity index (χ4n) is 4.01. The third-order valence-electron chi connectivity index (χ3n) is 5.83. The van der Waals surface area contributed by atoms with Gasteiger partial charge in [0.05, 0.1) is 30.0 Å². The normalized spacial score (nSPS) is 17.2. The molecule has 3 aromatic rings. The zero-order valence-electron chi connectivity index (χ0n) is 16.9. The molecule has 2 aromatic carbocycles. The van der Waals surface area contributed by atoms with E-state index in [1.807, 2.05) is 6.33 Å². The molecule has 0 bridgehead atoms. The maximum atomic E-state index is 10.7. The Bertz CT molecular complexity index is 913. The van der Waals surface area contributed by atoms with Crippen molar-refractivity contribution in [1.82, 2.24) is 19.4 Å². The number of hydrogen-bond acceptors (Lipinski definition) is 4. The van der Waals surface area contributed by atoms with Gasteiger partial charge >= 0.3 is 0 Å². The molecule has 1 aliphatic rings. The SMILES string of the molecule is Cc1cc2ncn(CC(O)CN3CCN(Cc4ccccc4)CC3)c2cc1C. The molecule has 0 aliphatic carbocycles. The Kier molecular flexibility index (Phi) is 5.76. The van der Waals surface area contributed by atoms with Crippen LogP contribution in [0.3, 0.4) is 0 Å². The second-order valence-corrected chi connectivity index (χ2v) is 8.04. The molecular formula is C23H30N4O. The predicted molar refractivity (Wildman–Crippen MR) is 113 cm³/mol. The van der Waals surface area contributed by atoms with Crippen LogP contribution in [0.1, 0.15) is 16.7 Å². The number of piperazine rings is 1. The molecule has 1 unspecified atom stereocenters. The number of β-amino-alcohol motifs (C(OH)–C–C–N with tert-alkyl or cyclic N) is 1. The van der Waals surface area contributed by atoms with Crippen molar-refractivity contribution in [3.8, 4) is 0 Å². The second-order valence-electron chi connectivity index (χ2n) is 8.04. The molecule has 0 amide bonds. The van der Waals surface area contributed by atoms with Gasteiger partial charge in [-0.05, 0) is 42.7 Å². The van der Waals surface area contributed by atoms with E-state index in [2.05, 4.69) is 75.7 Å². The first-order valence-electron chi connectivity index (χ1n) is 10.2. The molecule has 0 saturated carbocycles. The molecule has 1 atom stereocenters. The molecule has 1 fully saturated rings. The van der Waals surface area contributed by atoms with Crippen LogP contribution in [0.15, 0.2) is 48.8 Å². The van der Waals surface area contributed by atoms with E-state index < -0.39 is 0 Å². The van der Waals surface area contributed by atoms with Gasteiger partial charge in [0, 0.05) is 39.3 Å². The van der Waals surface area contributed by atoms with Crippen molar-refractivity contribution in [3.63, 3.8) is 0 Å². The Balaban J connectivity index is 1.29. The summed E-state index contributed by atoms with van der Waals surface area (Å²) >= 11 is 0. The lowest BCUT2D eigenvalue weighted by molar-refractivity contribution is 0.0628. The van der Waals surface area contributed by atoms with E-state index in [-0.39, 0.29) is 6.10 Å². The van der Waals surface area contributed by atoms with E-state index in [1.54, 1.807) is 0 Å². The lowest BCUT2D eigenvalue weighted by Gasteiger charge is -2.35. The first kappa shape index (κ1) is 19.1. The number of nitrogens with zero attached hydrogens (tertiary/aromatic N) is 4. The van der Waals surface area contributed by atoms with Crippen LogP contribution in [0.25, 0.3) is 11.0 Å². The minimum absolute atomic E-state index is 0.389. The van der Waals surface area contributed by atoms with Gasteiger partial charge in [0.15, 0.2) is 0 Å². The van der Waals surface area contributed by atoms with Crippen molar-refractivity contribution in [2.75, 3.05) is 32.7 Å². The number of aliphatic hydroxyl groups is 1. The Hall–Kier alpha value is -2.21. The van der Waals surface area contributed by atoms with Crippen LogP contribution in [-0.4, -0.2) is 63.3 Å². The minimum atomic E-state index is -0.389. The summed E-state index contributed by atoms with van der Waals surface area (Å²) in [5.74, 6) is 0. The van der Waals surface area contributed by atoms with Gasteiger partial charge in [-0.1, -0.05) is 30.3 Å². The average Bonchev–Trinajstić information content (AvgIpc) is 3.06. The van der Waals surface area contributed by atoms with Crippen LogP contribution >= 0.6 is 0 Å². The van der Waals surface area contributed by atoms with E-state index >= 15 is 0 Å². The highest BCUT2D eigenvalue weighted by Crippen LogP contribution is 2.19. The third kappa shape index (κ3) is 4.43. The van der Waals surface area contributed by atoms with Crippen molar-refractivity contribution in [2.45, 2.75) is 33.0 Å². The van der Waals surface area contributed by atoms with E-state index in [9.17, 15) is 5.11 Å². The van der Waals surface area contributed by atoms with Gasteiger partial charge in [-0.25, -0.2) is 4.98 Å². The maximum Gasteiger partial charge on any atom is 0.0959 e. The number of hydrogen-bond donors (Lipinski definition) is 1. The van der Waals surface area contributed by atoms with E-state index in [0.29, 0.717) is 13.1 Å². The van der Waals surface area contributed by atoms with E-state index in [0.717, 1.165) is 43.8 Å². The number of imidazole rings is 1. The van der Waals surface area contributed by atoms with Gasteiger partial charge in [-0.3, -0.25) is 9.80 Å². The molecule has 2 heterocycles. The molecule has 5 nitrogen and oxygen atoms in total. The fourth-order valence-corrected chi connectivity index (χ4v) is 4.01. The van der Waals surface area contributed by atoms with E-state index in [1.165, 1.54) is 16.7 Å². The zero-order valence-corrected chi connectivity index (χ0v) is 16.9. The first-order chi connectivity index (χ1) is 13.6. The number of aliphatic hydroxyl groups excluding tert-OH is 1. The van der Waals surface area contributed by atoms with Gasteiger partial charge in [0.2, 0.25) is 0 Å². The third-order valence-corrected chi connectivity index (χ3v) is 5.83. The molecule has 148 valence electrons. The number of rotatable bonds is 6. The Morgan fingerprint density at radius 3 is 2.36 bits per heavy atom. The molecule has 0 spiro atoms. The van der Waals surface area contributed by atoms with Crippen LogP contribution in [0, 0.1) is 13.8 Å². The topological polar surface area (TPSA) is 44.5 Å². The highest BCUT2D eigenvalue weighted by atomic mass is 16.3. The Morgan fingerprint density at radius 1 is 0.929 bits per heavy atom. The summed E-state index contributed by atoms with van der Waals surface area (Å²) in [4.78, 5) is 9.37. The van der Waals surface area contributed by atoms with Gasteiger partial charge in [-0.15, -0.1) is 0 Å². The fraction of sp³-hybridized carbons (Fsp3) is 0.435. The molecule has 1 saturated heterocycles. The van der Waals surface area contributed by atoms with Gasteiger partial charge < -0.3 is 9.67 Å². The Labute approximate surface area is 167 Å². The Morgan fingerprint density at radius 2 is 1.61 bits per heavy atom. The molecule has 28 heavy (non-hydrogen) atoms. The summed E-state index contributed by atoms with van der Waals surface area (Å²) in [5, 5.41) is 10.7. The van der Waals surface area contributed by atoms with Crippen molar-refractivity contribution >= 4 is 11.0 Å². The standard InChI is InChI=1S/C23H30N4O/c1-18-12-22-23(13-19(18)2)27(17-24-22)16-21(28)15-26-10-8-25(9-11-26)14-20-6-4-3-5-7-20/h3-7,12-13,17,21,28H,8-11,14-16H2,1-2H3. The van der Waals surface area contributed by atoms with Crippen LogP contribution in [0.4, 0.5) is 0 Å². The summed E-state index contributed by atoms with van der Waals surface area (Å²) in [7, 11) is 0. The number of fused-ring (bicyclic) bond motifs is 1. The lowest BCUT2D eigenvalue weighted by Crippen LogP contribution is -2.48. The average molecular weight is 379 g/mol. The summed E-state index contributed by atoms with van der Waals surface area (Å²) in [6.07, 6.45) is 1.46. The summed E-state index contributed by atoms with van der Waals surface area (Å²) in [6.45, 7) is 10.7. The largest absolute Gasteiger partial charge is 0.390 e. The highest BCUT2D eigenvalue weighted by Gasteiger charge is 2.20. The summed E-state index contributed by atoms with van der Waals surface area (Å²) in [6, 6.07) is 14.9.